The fraction of sp³-hybridized carbons (Fsp3) is 0.333. The summed E-state index contributed by atoms with van der Waals surface area (Å²) >= 11 is 5.69. The number of rotatable bonds is 2. The van der Waals surface area contributed by atoms with E-state index in [9.17, 15) is 4.79 Å². The number of nitrogens with zero attached hydrogens (tertiary/aromatic N) is 2. The molecule has 0 N–H and O–H groups in total. The highest BCUT2D eigenvalue weighted by atomic mass is 35.5. The summed E-state index contributed by atoms with van der Waals surface area (Å²) in [5, 5.41) is 0.414. The number of carbonyl (C=O) groups excluding carboxylic acids is 1. The van der Waals surface area contributed by atoms with Crippen molar-refractivity contribution in [2.75, 3.05) is 0 Å². The van der Waals surface area contributed by atoms with Crippen molar-refractivity contribution in [3.63, 3.8) is 0 Å². The molecule has 0 saturated heterocycles. The monoisotopic (exact) mass is 158 g/mol. The number of hydrogen-bond acceptors (Lipinski definition) is 2. The van der Waals surface area contributed by atoms with Crippen LogP contribution >= 0.6 is 11.6 Å². The summed E-state index contributed by atoms with van der Waals surface area (Å²) in [6.07, 6.45) is 2.19. The van der Waals surface area contributed by atoms with Gasteiger partial charge in [-0.3, -0.25) is 4.79 Å². The van der Waals surface area contributed by atoms with Gasteiger partial charge in [0.25, 0.3) is 0 Å². The molecule has 0 unspecified atom stereocenters. The van der Waals surface area contributed by atoms with E-state index in [1.807, 2.05) is 6.92 Å². The lowest BCUT2D eigenvalue weighted by Crippen LogP contribution is -1.91. The van der Waals surface area contributed by atoms with Crippen LogP contribution in [0.3, 0.4) is 0 Å². The fourth-order valence-corrected chi connectivity index (χ4v) is 0.939. The van der Waals surface area contributed by atoms with Crippen LogP contribution in [0, 0.1) is 0 Å². The van der Waals surface area contributed by atoms with Gasteiger partial charge in [-0.25, -0.2) is 4.98 Å². The van der Waals surface area contributed by atoms with Crippen LogP contribution in [0.1, 0.15) is 17.4 Å². The minimum Gasteiger partial charge on any atom is -0.321 e. The Kier molecular flexibility index (Phi) is 2.06. The summed E-state index contributed by atoms with van der Waals surface area (Å²) in [7, 11) is 0. The minimum atomic E-state index is 0.309. The normalized spacial score (nSPS) is 9.80. The molecule has 0 bridgehead atoms. The van der Waals surface area contributed by atoms with Crippen LogP contribution in [0.2, 0.25) is 5.15 Å². The van der Waals surface area contributed by atoms with Gasteiger partial charge in [-0.1, -0.05) is 11.6 Å². The molecule has 0 fully saturated rings. The second-order valence-corrected chi connectivity index (χ2v) is 2.18. The van der Waals surface area contributed by atoms with E-state index in [0.29, 0.717) is 17.1 Å². The Labute approximate surface area is 63.6 Å². The maximum atomic E-state index is 10.2. The number of hydrogen-bond donors (Lipinski definition) is 0. The number of aldehydes is 1. The second-order valence-electron chi connectivity index (χ2n) is 1.82. The minimum absolute atomic E-state index is 0.309. The zero-order chi connectivity index (χ0) is 7.56. The lowest BCUT2D eigenvalue weighted by molar-refractivity contribution is 0.111. The van der Waals surface area contributed by atoms with Crippen molar-refractivity contribution in [1.29, 1.82) is 0 Å². The first-order valence-corrected chi connectivity index (χ1v) is 3.33. The second kappa shape index (κ2) is 2.84. The van der Waals surface area contributed by atoms with Gasteiger partial charge in [0.2, 0.25) is 0 Å². The van der Waals surface area contributed by atoms with E-state index < -0.39 is 0 Å². The molecule has 54 valence electrons. The Balaban J connectivity index is 3.08. The molecular formula is C6H7ClN2O. The number of imidazole rings is 1. The van der Waals surface area contributed by atoms with Crippen molar-refractivity contribution in [1.82, 2.24) is 9.55 Å². The summed E-state index contributed by atoms with van der Waals surface area (Å²) < 4.78 is 1.70. The molecule has 0 saturated carbocycles. The highest BCUT2D eigenvalue weighted by Gasteiger charge is 2.04. The van der Waals surface area contributed by atoms with Crippen LogP contribution in [-0.2, 0) is 6.54 Å². The average Bonchev–Trinajstić information content (AvgIpc) is 2.30. The molecule has 0 atom stereocenters. The van der Waals surface area contributed by atoms with Gasteiger partial charge in [-0.15, -0.1) is 0 Å². The summed E-state index contributed by atoms with van der Waals surface area (Å²) in [5.41, 5.74) is 0.309. The summed E-state index contributed by atoms with van der Waals surface area (Å²) in [6.45, 7) is 2.67. The molecule has 0 radical (unpaired) electrons. The molecule has 0 aliphatic rings. The number of carbonyl (C=O) groups is 1. The Hall–Kier alpha value is -0.830. The summed E-state index contributed by atoms with van der Waals surface area (Å²) in [5.74, 6) is 0. The Morgan fingerprint density at radius 1 is 1.90 bits per heavy atom. The molecule has 0 aromatic carbocycles. The molecular weight excluding hydrogens is 152 g/mol. The maximum absolute atomic E-state index is 10.2. The number of halogens is 1. The molecule has 1 heterocycles. The molecule has 0 aliphatic heterocycles. The van der Waals surface area contributed by atoms with E-state index in [1.54, 1.807) is 10.9 Å². The first-order valence-electron chi connectivity index (χ1n) is 2.95. The first kappa shape index (κ1) is 7.28. The van der Waals surface area contributed by atoms with E-state index in [2.05, 4.69) is 4.98 Å². The van der Waals surface area contributed by atoms with Crippen LogP contribution in [0.4, 0.5) is 0 Å². The first-order chi connectivity index (χ1) is 4.79. The number of aryl methyl sites for hydroxylation is 1. The highest BCUT2D eigenvalue weighted by molar-refractivity contribution is 6.31. The van der Waals surface area contributed by atoms with E-state index in [-0.39, 0.29) is 0 Å². The van der Waals surface area contributed by atoms with Crippen molar-refractivity contribution >= 4 is 17.9 Å². The van der Waals surface area contributed by atoms with Gasteiger partial charge in [0, 0.05) is 6.54 Å². The van der Waals surface area contributed by atoms with E-state index >= 15 is 0 Å². The molecule has 0 amide bonds. The van der Waals surface area contributed by atoms with Gasteiger partial charge in [-0.2, -0.15) is 0 Å². The number of aromatic nitrogens is 2. The smallest absolute Gasteiger partial charge is 0.171 e. The largest absolute Gasteiger partial charge is 0.321 e. The van der Waals surface area contributed by atoms with Crippen LogP contribution in [0.25, 0.3) is 0 Å². The predicted octanol–water partition coefficient (Wildman–Crippen LogP) is 1.37. The zero-order valence-corrected chi connectivity index (χ0v) is 6.30. The van der Waals surface area contributed by atoms with Gasteiger partial charge in [0.05, 0.1) is 6.33 Å². The quantitative estimate of drug-likeness (QED) is 0.610. The Morgan fingerprint density at radius 3 is 2.90 bits per heavy atom. The van der Waals surface area contributed by atoms with Crippen molar-refractivity contribution in [3.8, 4) is 0 Å². The van der Waals surface area contributed by atoms with Gasteiger partial charge in [0.1, 0.15) is 10.8 Å². The van der Waals surface area contributed by atoms with Crippen molar-refractivity contribution < 1.29 is 4.79 Å². The van der Waals surface area contributed by atoms with Crippen molar-refractivity contribution in [2.45, 2.75) is 13.5 Å². The predicted molar refractivity (Wildman–Crippen MR) is 38.3 cm³/mol. The maximum Gasteiger partial charge on any atom is 0.171 e. The molecule has 0 aliphatic carbocycles. The van der Waals surface area contributed by atoms with Gasteiger partial charge in [-0.05, 0) is 6.92 Å². The topological polar surface area (TPSA) is 34.9 Å². The van der Waals surface area contributed by atoms with E-state index in [1.165, 1.54) is 0 Å². The Morgan fingerprint density at radius 2 is 2.60 bits per heavy atom. The molecule has 1 aromatic heterocycles. The van der Waals surface area contributed by atoms with Crippen LogP contribution < -0.4 is 0 Å². The molecule has 3 nitrogen and oxygen atoms in total. The fourth-order valence-electron chi connectivity index (χ4n) is 0.683. The van der Waals surface area contributed by atoms with Gasteiger partial charge in [0.15, 0.2) is 6.29 Å². The third-order valence-electron chi connectivity index (χ3n) is 1.25. The van der Waals surface area contributed by atoms with E-state index in [4.69, 9.17) is 11.6 Å². The summed E-state index contributed by atoms with van der Waals surface area (Å²) in [4.78, 5) is 14.0. The lowest BCUT2D eigenvalue weighted by Gasteiger charge is -1.94. The molecule has 0 spiro atoms. The van der Waals surface area contributed by atoms with Crippen LogP contribution in [0.15, 0.2) is 6.33 Å². The zero-order valence-electron chi connectivity index (χ0n) is 5.54. The van der Waals surface area contributed by atoms with E-state index in [0.717, 1.165) is 6.54 Å². The third kappa shape index (κ3) is 1.04. The van der Waals surface area contributed by atoms with Crippen molar-refractivity contribution in [3.05, 3.63) is 17.2 Å². The molecule has 10 heavy (non-hydrogen) atoms. The summed E-state index contributed by atoms with van der Waals surface area (Å²) in [6, 6.07) is 0. The lowest BCUT2D eigenvalue weighted by atomic mass is 10.5. The average molecular weight is 159 g/mol. The molecule has 1 aromatic rings. The van der Waals surface area contributed by atoms with Crippen LogP contribution in [0.5, 0.6) is 0 Å². The Bertz CT molecular complexity index is 244. The highest BCUT2D eigenvalue weighted by Crippen LogP contribution is 2.11. The van der Waals surface area contributed by atoms with Gasteiger partial charge >= 0.3 is 0 Å². The van der Waals surface area contributed by atoms with Crippen molar-refractivity contribution in [2.24, 2.45) is 0 Å². The third-order valence-corrected chi connectivity index (χ3v) is 1.66. The molecule has 1 rings (SSSR count). The molecule has 4 heteroatoms. The van der Waals surface area contributed by atoms with Crippen LogP contribution in [-0.4, -0.2) is 15.8 Å². The SMILES string of the molecule is CCn1cnc(C=O)c1Cl. The standard InChI is InChI=1S/C6H7ClN2O/c1-2-9-4-8-5(3-10)6(9)7/h3-4H,2H2,1H3. The van der Waals surface area contributed by atoms with Gasteiger partial charge < -0.3 is 4.57 Å².